The maximum atomic E-state index is 15.8. The number of benzene rings is 3. The summed E-state index contributed by atoms with van der Waals surface area (Å²) in [5.74, 6) is -14.0. The molecule has 11 atom stereocenters. The zero-order valence-electron chi connectivity index (χ0n) is 59.8. The third kappa shape index (κ3) is 23.6. The number of thioether (sulfide) groups is 1. The van der Waals surface area contributed by atoms with Crippen LogP contribution < -0.4 is 58.5 Å². The lowest BCUT2D eigenvalue weighted by atomic mass is 10.0. The summed E-state index contributed by atoms with van der Waals surface area (Å²) >= 11 is 1.09. The molecular formula is C71H87N19O16S3. The SMILES string of the molecule is CCSCN1C(=O)N[C@@H](Cc2c[nH]cn2)C(=O)N[C@H](Cc2ccccc2)C(=O)N[C@@H](Cc2c[nH]cn2)C(=O)N[C@@H](Cc2c[nH]c3ccccc23)C(=O)N[C@H]2CSSC(NC(=O)[C@H](Cc3c[nH]c4ccccc34)NC(=O)[C@H](C)NC(=O)[C@H](CCCCN(CC(=O)O)CC(=O)O)NC(=O)[C@H](C)NC(=O)[C@H](C)NC2=O)C1=O. The zero-order chi connectivity index (χ0) is 78.3. The molecule has 3 aromatic carbocycles. The third-order valence-corrected chi connectivity index (χ3v) is 21.2. The number of hydrogen-bond donors (Lipinski definition) is 17. The van der Waals surface area contributed by atoms with Crippen molar-refractivity contribution in [3.63, 3.8) is 0 Å². The van der Waals surface area contributed by atoms with E-state index in [1.54, 1.807) is 98.2 Å². The Balaban J connectivity index is 1.15. The van der Waals surface area contributed by atoms with Crippen LogP contribution in [0.5, 0.6) is 0 Å². The number of aromatic nitrogens is 6. The number of fused-ring (bicyclic) bond motifs is 6. The van der Waals surface area contributed by atoms with E-state index in [1.165, 1.54) is 45.8 Å². The number of para-hydroxylation sites is 2. The van der Waals surface area contributed by atoms with Crippen molar-refractivity contribution in [2.75, 3.05) is 37.0 Å². The number of nitrogens with one attached hydrogen (secondary N) is 15. The van der Waals surface area contributed by atoms with E-state index in [0.717, 1.165) is 32.4 Å². The Morgan fingerprint density at radius 2 is 0.936 bits per heavy atom. The molecule has 2 saturated heterocycles. The molecule has 17 N–H and O–H groups in total. The van der Waals surface area contributed by atoms with E-state index in [9.17, 15) is 39.0 Å². The second-order valence-corrected chi connectivity index (χ2v) is 29.8. The lowest BCUT2D eigenvalue weighted by Crippen LogP contribution is -2.61. The van der Waals surface area contributed by atoms with E-state index in [4.69, 9.17) is 0 Å². The standard InChI is InChI=1S/C71H87N19O16S3/c1-5-107-37-90-70(105)69-88-67(103)53(25-43-29-75-49-20-12-10-18-47(43)49)82-61(97)40(4)79-62(98)50(21-13-14-22-89(32-57(91)92)33-58(93)94)81-60(96)39(3)78-59(95)38(2)80-68(104)56(34-108-109-69)86-64(100)52(24-42-28-74-48-19-11-9-17-46(42)48)84-65(101)54(26-44-30-72-35-76-44)85-63(99)51(23-41-15-7-6-8-16-41)83-66(102)55(87-71(90)106)27-45-31-73-36-77-45/h6-12,15-20,28-31,35-36,38-40,50-56,69,74-75H,5,13-14,21-27,32-34,37H2,1-4H3,(H,72,76)(H,73,77)(H,78,95)(H,79,98)(H,80,104)(H,81,96)(H,82,97)(H,83,102)(H,84,101)(H,85,99)(H,86,100)(H,87,106)(H,88,103)(H,91,92)(H,93,94)/t38-,39-,40-,50-,51+,52-,53-,54-,55-,56-,69?/m0/s1. The Morgan fingerprint density at radius 3 is 1.46 bits per heavy atom. The monoisotopic (exact) mass is 1560 g/mol. The number of carbonyl (C=O) groups is 14. The van der Waals surface area contributed by atoms with Crippen LogP contribution in [0.25, 0.3) is 21.8 Å². The molecule has 109 heavy (non-hydrogen) atoms. The van der Waals surface area contributed by atoms with E-state index >= 15 is 38.4 Å². The number of carbonyl (C=O) groups excluding carboxylic acids is 12. The van der Waals surface area contributed by atoms with Crippen molar-refractivity contribution in [1.82, 2.24) is 98.2 Å². The number of imidazole rings is 2. The number of hydrogen-bond acceptors (Lipinski definition) is 20. The van der Waals surface area contributed by atoms with Crippen molar-refractivity contribution >= 4 is 138 Å². The number of carboxylic acid groups (broad SMARTS) is 2. The minimum Gasteiger partial charge on any atom is -0.480 e. The van der Waals surface area contributed by atoms with Gasteiger partial charge in [0.1, 0.15) is 60.4 Å². The Bertz CT molecular complexity index is 4380. The number of amides is 13. The van der Waals surface area contributed by atoms with Crippen molar-refractivity contribution in [3.05, 3.63) is 144 Å². The molecule has 2 aliphatic rings. The van der Waals surface area contributed by atoms with Gasteiger partial charge in [-0.3, -0.25) is 72.1 Å². The number of carboxylic acids is 2. The summed E-state index contributed by atoms with van der Waals surface area (Å²) in [5.41, 5.74) is 3.37. The van der Waals surface area contributed by atoms with Crippen molar-refractivity contribution in [2.24, 2.45) is 0 Å². The van der Waals surface area contributed by atoms with Gasteiger partial charge in [-0.1, -0.05) is 95.2 Å². The maximum absolute atomic E-state index is 15.8. The molecule has 13 amide bonds. The van der Waals surface area contributed by atoms with Crippen LogP contribution in [-0.2, 0) is 94.4 Å². The summed E-state index contributed by atoms with van der Waals surface area (Å²) in [6.45, 7) is 4.27. The fraction of sp³-hybridized carbons (Fsp3) is 0.408. The predicted molar refractivity (Wildman–Crippen MR) is 403 cm³/mol. The molecule has 6 heterocycles. The number of aromatic amines is 4. The van der Waals surface area contributed by atoms with Gasteiger partial charge in [0.25, 0.3) is 5.91 Å². The van der Waals surface area contributed by atoms with Crippen LogP contribution in [0.4, 0.5) is 4.79 Å². The summed E-state index contributed by atoms with van der Waals surface area (Å²) in [6, 6.07) is 5.83. The predicted octanol–water partition coefficient (Wildman–Crippen LogP) is 0.141. The second kappa shape index (κ2) is 39.6. The smallest absolute Gasteiger partial charge is 0.325 e. The average Bonchev–Trinajstić information content (AvgIpc) is 1.52. The van der Waals surface area contributed by atoms with Gasteiger partial charge in [-0.15, -0.1) is 11.8 Å². The number of unbranched alkanes of at least 4 members (excludes halogenated alkanes) is 1. The second-order valence-electron chi connectivity index (χ2n) is 26.1. The van der Waals surface area contributed by atoms with Crippen molar-refractivity contribution in [1.29, 1.82) is 0 Å². The van der Waals surface area contributed by atoms with Gasteiger partial charge >= 0.3 is 18.0 Å². The first-order chi connectivity index (χ1) is 52.3. The van der Waals surface area contributed by atoms with Gasteiger partial charge < -0.3 is 88.6 Å². The topological polar surface area (TPSA) is 507 Å². The van der Waals surface area contributed by atoms with Gasteiger partial charge in [0.2, 0.25) is 59.1 Å². The molecule has 4 aromatic heterocycles. The summed E-state index contributed by atoms with van der Waals surface area (Å²) in [7, 11) is 1.33. The van der Waals surface area contributed by atoms with Crippen LogP contribution in [0.1, 0.15) is 75.0 Å². The maximum Gasteiger partial charge on any atom is 0.325 e. The van der Waals surface area contributed by atoms with Crippen LogP contribution in [0, 0.1) is 0 Å². The van der Waals surface area contributed by atoms with Crippen LogP contribution in [-0.4, -0.2) is 236 Å². The zero-order valence-corrected chi connectivity index (χ0v) is 62.3. The highest BCUT2D eigenvalue weighted by molar-refractivity contribution is 8.77. The molecule has 0 aliphatic carbocycles. The fourth-order valence-electron chi connectivity index (χ4n) is 12.0. The molecule has 0 saturated carbocycles. The van der Waals surface area contributed by atoms with E-state index in [-0.39, 0.29) is 69.3 Å². The molecule has 2 bridgehead atoms. The Hall–Kier alpha value is -11.2. The molecule has 0 spiro atoms. The minimum absolute atomic E-state index is 0.0623. The number of aliphatic carboxylic acids is 2. The molecule has 1 unspecified atom stereocenters. The molecule has 35 nitrogen and oxygen atoms in total. The molecule has 0 radical (unpaired) electrons. The van der Waals surface area contributed by atoms with Crippen LogP contribution >= 0.6 is 33.3 Å². The number of imide groups is 1. The fourth-order valence-corrected chi connectivity index (χ4v) is 15.1. The van der Waals surface area contributed by atoms with Crippen molar-refractivity contribution in [2.45, 2.75) is 145 Å². The first kappa shape index (κ1) is 81.8. The van der Waals surface area contributed by atoms with Crippen molar-refractivity contribution in [3.8, 4) is 0 Å². The Morgan fingerprint density at radius 1 is 0.495 bits per heavy atom. The van der Waals surface area contributed by atoms with Gasteiger partial charge in [-0.05, 0) is 81.2 Å². The lowest BCUT2D eigenvalue weighted by Gasteiger charge is -2.30. The number of nitrogens with zero attached hydrogens (tertiary/aromatic N) is 4. The van der Waals surface area contributed by atoms with Crippen LogP contribution in [0.3, 0.4) is 0 Å². The van der Waals surface area contributed by atoms with E-state index in [1.807, 2.05) is 0 Å². The highest BCUT2D eigenvalue weighted by atomic mass is 33.1. The first-order valence-electron chi connectivity index (χ1n) is 35.1. The van der Waals surface area contributed by atoms with Gasteiger partial charge in [0.15, 0.2) is 5.37 Å². The van der Waals surface area contributed by atoms with Crippen molar-refractivity contribution < 1.29 is 77.3 Å². The van der Waals surface area contributed by atoms with Gasteiger partial charge in [0.05, 0.1) is 43.0 Å². The summed E-state index contributed by atoms with van der Waals surface area (Å²) in [4.78, 5) is 226. The summed E-state index contributed by atoms with van der Waals surface area (Å²) in [6.07, 6.45) is 7.45. The quantitative estimate of drug-likeness (QED) is 0.0317. The number of rotatable bonds is 22. The van der Waals surface area contributed by atoms with E-state index in [2.05, 4.69) is 88.4 Å². The molecule has 38 heteroatoms. The van der Waals surface area contributed by atoms with Gasteiger partial charge in [-0.25, -0.2) is 14.8 Å². The average molecular weight is 1560 g/mol. The van der Waals surface area contributed by atoms with E-state index < -0.39 is 173 Å². The molecule has 7 aromatic rings. The summed E-state index contributed by atoms with van der Waals surface area (Å²) in [5, 5.41) is 47.7. The van der Waals surface area contributed by atoms with Gasteiger partial charge in [-0.2, -0.15) is 0 Å². The summed E-state index contributed by atoms with van der Waals surface area (Å²) < 4.78 is 0. The molecule has 2 fully saturated rings. The Labute approximate surface area is 636 Å². The molecular weight excluding hydrogens is 1470 g/mol. The van der Waals surface area contributed by atoms with E-state index in [0.29, 0.717) is 55.0 Å². The molecule has 9 rings (SSSR count). The largest absolute Gasteiger partial charge is 0.480 e. The lowest BCUT2D eigenvalue weighted by molar-refractivity contribution is -0.142. The highest BCUT2D eigenvalue weighted by Crippen LogP contribution is 2.30. The highest BCUT2D eigenvalue weighted by Gasteiger charge is 2.40. The number of H-pyrrole nitrogens is 4. The normalized spacial score (nSPS) is 23.3. The van der Waals surface area contributed by atoms with Crippen LogP contribution in [0.2, 0.25) is 0 Å². The van der Waals surface area contributed by atoms with Gasteiger partial charge in [0, 0.05) is 84.5 Å². The Kier molecular flexibility index (Phi) is 29.7. The minimum atomic E-state index is -1.89. The number of urea groups is 1. The third-order valence-electron chi connectivity index (χ3n) is 17.9. The molecule has 580 valence electrons. The molecule has 2 aliphatic heterocycles. The van der Waals surface area contributed by atoms with Crippen LogP contribution in [0.15, 0.2) is 116 Å². The first-order valence-corrected chi connectivity index (χ1v) is 38.6.